The number of ether oxygens (including phenoxy) is 3. The summed E-state index contributed by atoms with van der Waals surface area (Å²) < 4.78 is 15.5. The molecular weight excluding hydrogens is 223 g/mol. The van der Waals surface area contributed by atoms with Gasteiger partial charge in [-0.05, 0) is 25.1 Å². The van der Waals surface area contributed by atoms with Crippen molar-refractivity contribution >= 4 is 12.6 Å². The summed E-state index contributed by atoms with van der Waals surface area (Å²) in [7, 11) is 1.50. The predicted octanol–water partition coefficient (Wildman–Crippen LogP) is -0.211. The van der Waals surface area contributed by atoms with Gasteiger partial charge in [-0.2, -0.15) is 0 Å². The zero-order chi connectivity index (χ0) is 12.8. The van der Waals surface area contributed by atoms with E-state index in [0.717, 1.165) is 0 Å². The first-order valence-corrected chi connectivity index (χ1v) is 5.28. The van der Waals surface area contributed by atoms with Crippen molar-refractivity contribution < 1.29 is 24.3 Å². The first-order chi connectivity index (χ1) is 8.08. The van der Waals surface area contributed by atoms with E-state index in [4.69, 9.17) is 14.2 Å². The van der Waals surface area contributed by atoms with Gasteiger partial charge < -0.3 is 24.3 Å². The van der Waals surface area contributed by atoms with Gasteiger partial charge in [0.1, 0.15) is 18.1 Å². The summed E-state index contributed by atoms with van der Waals surface area (Å²) >= 11 is 0. The third-order valence-electron chi connectivity index (χ3n) is 2.37. The summed E-state index contributed by atoms with van der Waals surface area (Å²) in [6, 6.07) is 4.85. The third-order valence-corrected chi connectivity index (χ3v) is 2.37. The SMILES string of the molecule is COc1ccc(OCC(C)OC)c(B(O)O)c1. The minimum atomic E-state index is -1.60. The first kappa shape index (κ1) is 13.8. The standard InChI is InChI=1S/C11H17BO5/c1-8(15-2)7-17-11-5-4-9(16-3)6-10(11)12(13)14/h4-6,8,13-14H,7H2,1-3H3. The molecule has 0 saturated heterocycles. The molecule has 94 valence electrons. The zero-order valence-corrected chi connectivity index (χ0v) is 10.2. The maximum absolute atomic E-state index is 9.24. The Kier molecular flexibility index (Phi) is 5.28. The molecule has 2 N–H and O–H groups in total. The topological polar surface area (TPSA) is 68.2 Å². The number of rotatable bonds is 6. The molecule has 0 aromatic heterocycles. The number of hydrogen-bond acceptors (Lipinski definition) is 5. The van der Waals surface area contributed by atoms with Crippen molar-refractivity contribution in [1.29, 1.82) is 0 Å². The van der Waals surface area contributed by atoms with Gasteiger partial charge >= 0.3 is 7.12 Å². The molecule has 0 bridgehead atoms. The van der Waals surface area contributed by atoms with Crippen LogP contribution in [0.2, 0.25) is 0 Å². The molecular formula is C11H17BO5. The number of benzene rings is 1. The van der Waals surface area contributed by atoms with Gasteiger partial charge in [0.15, 0.2) is 0 Å². The van der Waals surface area contributed by atoms with Crippen molar-refractivity contribution in [1.82, 2.24) is 0 Å². The van der Waals surface area contributed by atoms with Gasteiger partial charge in [0, 0.05) is 12.6 Å². The van der Waals surface area contributed by atoms with Crippen molar-refractivity contribution in [3.8, 4) is 11.5 Å². The van der Waals surface area contributed by atoms with E-state index >= 15 is 0 Å². The average molecular weight is 240 g/mol. The summed E-state index contributed by atoms with van der Waals surface area (Å²) in [4.78, 5) is 0. The van der Waals surface area contributed by atoms with E-state index in [1.807, 2.05) is 6.92 Å². The molecule has 0 amide bonds. The molecule has 1 unspecified atom stereocenters. The van der Waals surface area contributed by atoms with Crippen molar-refractivity contribution in [2.75, 3.05) is 20.8 Å². The largest absolute Gasteiger partial charge is 0.497 e. The van der Waals surface area contributed by atoms with E-state index in [1.54, 1.807) is 19.2 Å². The fourth-order valence-corrected chi connectivity index (χ4v) is 1.26. The van der Waals surface area contributed by atoms with Crippen LogP contribution in [0.4, 0.5) is 0 Å². The first-order valence-electron chi connectivity index (χ1n) is 5.28. The smallest absolute Gasteiger partial charge is 0.492 e. The quantitative estimate of drug-likeness (QED) is 0.673. The molecule has 6 heteroatoms. The van der Waals surface area contributed by atoms with Crippen LogP contribution in [0.15, 0.2) is 18.2 Å². The molecule has 1 aromatic carbocycles. The Morgan fingerprint density at radius 2 is 2.00 bits per heavy atom. The molecule has 0 saturated carbocycles. The van der Waals surface area contributed by atoms with Crippen molar-refractivity contribution in [3.63, 3.8) is 0 Å². The van der Waals surface area contributed by atoms with Gasteiger partial charge in [-0.25, -0.2) is 0 Å². The molecule has 0 fully saturated rings. The molecule has 1 aromatic rings. The Morgan fingerprint density at radius 3 is 2.53 bits per heavy atom. The lowest BCUT2D eigenvalue weighted by Crippen LogP contribution is -2.32. The molecule has 0 aliphatic rings. The molecule has 0 heterocycles. The van der Waals surface area contributed by atoms with E-state index in [1.165, 1.54) is 13.2 Å². The molecule has 0 spiro atoms. The Morgan fingerprint density at radius 1 is 1.29 bits per heavy atom. The number of hydrogen-bond donors (Lipinski definition) is 2. The van der Waals surface area contributed by atoms with Gasteiger partial charge in [0.2, 0.25) is 0 Å². The second-order valence-electron chi connectivity index (χ2n) is 3.63. The summed E-state index contributed by atoms with van der Waals surface area (Å²) in [5, 5.41) is 18.5. The highest BCUT2D eigenvalue weighted by Crippen LogP contribution is 2.16. The Hall–Kier alpha value is -1.24. The predicted molar refractivity (Wildman–Crippen MR) is 64.8 cm³/mol. The highest BCUT2D eigenvalue weighted by molar-refractivity contribution is 6.59. The van der Waals surface area contributed by atoms with Gasteiger partial charge in [0.05, 0.1) is 13.2 Å². The molecule has 1 rings (SSSR count). The molecule has 1 atom stereocenters. The van der Waals surface area contributed by atoms with Crippen LogP contribution in [-0.2, 0) is 4.74 Å². The molecule has 0 aliphatic carbocycles. The van der Waals surface area contributed by atoms with Crippen LogP contribution in [0.5, 0.6) is 11.5 Å². The minimum Gasteiger partial charge on any atom is -0.497 e. The maximum Gasteiger partial charge on any atom is 0.492 e. The lowest BCUT2D eigenvalue weighted by Gasteiger charge is -2.15. The van der Waals surface area contributed by atoms with Gasteiger partial charge in [-0.3, -0.25) is 0 Å². The fourth-order valence-electron chi connectivity index (χ4n) is 1.26. The Bertz CT molecular complexity index is 356. The second kappa shape index (κ2) is 6.49. The van der Waals surface area contributed by atoms with Crippen LogP contribution >= 0.6 is 0 Å². The highest BCUT2D eigenvalue weighted by atomic mass is 16.5. The third kappa shape index (κ3) is 3.92. The lowest BCUT2D eigenvalue weighted by atomic mass is 9.79. The summed E-state index contributed by atoms with van der Waals surface area (Å²) in [6.45, 7) is 2.20. The van der Waals surface area contributed by atoms with Crippen LogP contribution in [-0.4, -0.2) is 44.1 Å². The number of methoxy groups -OCH3 is 2. The van der Waals surface area contributed by atoms with Crippen LogP contribution < -0.4 is 14.9 Å². The zero-order valence-electron chi connectivity index (χ0n) is 10.2. The Balaban J connectivity index is 2.83. The van der Waals surface area contributed by atoms with Crippen molar-refractivity contribution in [3.05, 3.63) is 18.2 Å². The van der Waals surface area contributed by atoms with E-state index in [-0.39, 0.29) is 11.6 Å². The molecule has 5 nitrogen and oxygen atoms in total. The van der Waals surface area contributed by atoms with Crippen LogP contribution in [0, 0.1) is 0 Å². The maximum atomic E-state index is 9.24. The van der Waals surface area contributed by atoms with E-state index in [9.17, 15) is 10.0 Å². The van der Waals surface area contributed by atoms with Crippen molar-refractivity contribution in [2.24, 2.45) is 0 Å². The van der Waals surface area contributed by atoms with Crippen LogP contribution in [0.3, 0.4) is 0 Å². The normalized spacial score (nSPS) is 12.1. The monoisotopic (exact) mass is 240 g/mol. The average Bonchev–Trinajstić information content (AvgIpc) is 2.35. The van der Waals surface area contributed by atoms with E-state index in [2.05, 4.69) is 0 Å². The second-order valence-corrected chi connectivity index (χ2v) is 3.63. The van der Waals surface area contributed by atoms with Gasteiger partial charge in [0.25, 0.3) is 0 Å². The molecule has 0 radical (unpaired) electrons. The molecule has 17 heavy (non-hydrogen) atoms. The van der Waals surface area contributed by atoms with E-state index < -0.39 is 7.12 Å². The van der Waals surface area contributed by atoms with Crippen molar-refractivity contribution in [2.45, 2.75) is 13.0 Å². The lowest BCUT2D eigenvalue weighted by molar-refractivity contribution is 0.0719. The van der Waals surface area contributed by atoms with Crippen LogP contribution in [0.1, 0.15) is 6.92 Å². The van der Waals surface area contributed by atoms with Crippen LogP contribution in [0.25, 0.3) is 0 Å². The minimum absolute atomic E-state index is 0.0687. The van der Waals surface area contributed by atoms with Gasteiger partial charge in [-0.1, -0.05) is 0 Å². The fraction of sp³-hybridized carbons (Fsp3) is 0.455. The Labute approximate surface area is 101 Å². The highest BCUT2D eigenvalue weighted by Gasteiger charge is 2.18. The van der Waals surface area contributed by atoms with Gasteiger partial charge in [-0.15, -0.1) is 0 Å². The molecule has 0 aliphatic heterocycles. The summed E-state index contributed by atoms with van der Waals surface area (Å²) in [5.74, 6) is 0.949. The summed E-state index contributed by atoms with van der Waals surface area (Å²) in [5.41, 5.74) is 0.271. The van der Waals surface area contributed by atoms with E-state index in [0.29, 0.717) is 18.1 Å². The summed E-state index contributed by atoms with van der Waals surface area (Å²) in [6.07, 6.45) is -0.0687.